The van der Waals surface area contributed by atoms with Crippen LogP contribution in [0.3, 0.4) is 0 Å². The molecule has 1 amide bonds. The van der Waals surface area contributed by atoms with Gasteiger partial charge in [-0.2, -0.15) is 0 Å². The average Bonchev–Trinajstić information content (AvgIpc) is 2.45. The van der Waals surface area contributed by atoms with Gasteiger partial charge in [0.2, 0.25) is 0 Å². The zero-order chi connectivity index (χ0) is 15.4. The zero-order valence-corrected chi connectivity index (χ0v) is 12.2. The molecule has 2 aromatic rings. The molecule has 0 unspecified atom stereocenters. The standard InChI is InChI=1S/C15H11Cl2NO3/c16-11-6-4-9(5-7-11)13(18-15(20)21)14(19)10-2-1-3-12(17)8-10/h1-8,13,18H,(H,20,21)/t13-/m1/s1. The predicted molar refractivity (Wildman–Crippen MR) is 81.1 cm³/mol. The fourth-order valence-electron chi connectivity index (χ4n) is 1.89. The third-order valence-electron chi connectivity index (χ3n) is 2.84. The van der Waals surface area contributed by atoms with Crippen molar-refractivity contribution < 1.29 is 14.7 Å². The normalized spacial score (nSPS) is 11.7. The number of amides is 1. The summed E-state index contributed by atoms with van der Waals surface area (Å²) in [5.41, 5.74) is 0.836. The summed E-state index contributed by atoms with van der Waals surface area (Å²) in [6.07, 6.45) is -1.29. The minimum atomic E-state index is -1.29. The maximum atomic E-state index is 12.5. The lowest BCUT2D eigenvalue weighted by atomic mass is 9.97. The van der Waals surface area contributed by atoms with E-state index in [0.29, 0.717) is 21.2 Å². The Kier molecular flexibility index (Phi) is 4.83. The van der Waals surface area contributed by atoms with E-state index in [1.54, 1.807) is 42.5 Å². The molecular formula is C15H11Cl2NO3. The maximum absolute atomic E-state index is 12.5. The molecule has 2 rings (SSSR count). The van der Waals surface area contributed by atoms with Crippen molar-refractivity contribution in [2.75, 3.05) is 0 Å². The molecule has 0 heterocycles. The van der Waals surface area contributed by atoms with Crippen molar-refractivity contribution in [2.24, 2.45) is 0 Å². The highest BCUT2D eigenvalue weighted by molar-refractivity contribution is 6.31. The maximum Gasteiger partial charge on any atom is 0.405 e. The molecule has 21 heavy (non-hydrogen) atoms. The van der Waals surface area contributed by atoms with Gasteiger partial charge < -0.3 is 10.4 Å². The SMILES string of the molecule is O=C(O)N[C@@H](C(=O)c1cccc(Cl)c1)c1ccc(Cl)cc1. The van der Waals surface area contributed by atoms with E-state index in [4.69, 9.17) is 28.3 Å². The molecule has 0 bridgehead atoms. The van der Waals surface area contributed by atoms with Gasteiger partial charge in [0.15, 0.2) is 5.78 Å². The molecule has 0 saturated heterocycles. The van der Waals surface area contributed by atoms with E-state index in [1.807, 2.05) is 0 Å². The largest absolute Gasteiger partial charge is 0.465 e. The van der Waals surface area contributed by atoms with Crippen molar-refractivity contribution >= 4 is 35.1 Å². The number of carboxylic acid groups (broad SMARTS) is 1. The van der Waals surface area contributed by atoms with E-state index >= 15 is 0 Å². The topological polar surface area (TPSA) is 66.4 Å². The average molecular weight is 324 g/mol. The van der Waals surface area contributed by atoms with Crippen LogP contribution in [0.5, 0.6) is 0 Å². The van der Waals surface area contributed by atoms with Crippen LogP contribution in [0.1, 0.15) is 22.0 Å². The minimum absolute atomic E-state index is 0.330. The van der Waals surface area contributed by atoms with Crippen molar-refractivity contribution in [2.45, 2.75) is 6.04 Å². The molecule has 1 atom stereocenters. The number of hydrogen-bond acceptors (Lipinski definition) is 2. The number of carbonyl (C=O) groups is 2. The van der Waals surface area contributed by atoms with E-state index in [0.717, 1.165) is 0 Å². The number of nitrogens with one attached hydrogen (secondary N) is 1. The summed E-state index contributed by atoms with van der Waals surface area (Å²) in [5, 5.41) is 12.1. The number of hydrogen-bond donors (Lipinski definition) is 2. The third kappa shape index (κ3) is 3.97. The molecule has 0 aromatic heterocycles. The molecule has 2 aromatic carbocycles. The lowest BCUT2D eigenvalue weighted by molar-refractivity contribution is 0.0936. The van der Waals surface area contributed by atoms with Gasteiger partial charge in [-0.15, -0.1) is 0 Å². The fourth-order valence-corrected chi connectivity index (χ4v) is 2.20. The van der Waals surface area contributed by atoms with Crippen LogP contribution >= 0.6 is 23.2 Å². The third-order valence-corrected chi connectivity index (χ3v) is 3.33. The Hall–Kier alpha value is -2.04. The molecule has 2 N–H and O–H groups in total. The number of Topliss-reactive ketones (excluding diaryl/α,β-unsaturated/α-hetero) is 1. The summed E-state index contributed by atoms with van der Waals surface area (Å²) in [4.78, 5) is 23.4. The highest BCUT2D eigenvalue weighted by Gasteiger charge is 2.24. The molecule has 0 saturated carbocycles. The second kappa shape index (κ2) is 6.61. The van der Waals surface area contributed by atoms with E-state index in [9.17, 15) is 9.59 Å². The van der Waals surface area contributed by atoms with Gasteiger partial charge in [0.1, 0.15) is 6.04 Å². The van der Waals surface area contributed by atoms with Gasteiger partial charge in [-0.25, -0.2) is 4.79 Å². The van der Waals surface area contributed by atoms with Crippen molar-refractivity contribution in [3.05, 3.63) is 69.7 Å². The highest BCUT2D eigenvalue weighted by atomic mass is 35.5. The van der Waals surface area contributed by atoms with Crippen LogP contribution in [0.15, 0.2) is 48.5 Å². The van der Waals surface area contributed by atoms with Crippen LogP contribution in [-0.4, -0.2) is 17.0 Å². The first-order valence-electron chi connectivity index (χ1n) is 6.02. The lowest BCUT2D eigenvalue weighted by Crippen LogP contribution is -2.32. The van der Waals surface area contributed by atoms with Crippen LogP contribution in [0, 0.1) is 0 Å². The Bertz CT molecular complexity index is 671. The minimum Gasteiger partial charge on any atom is -0.465 e. The number of carbonyl (C=O) groups excluding carboxylic acids is 1. The molecule has 0 fully saturated rings. The summed E-state index contributed by atoms with van der Waals surface area (Å²) < 4.78 is 0. The first-order valence-corrected chi connectivity index (χ1v) is 6.77. The van der Waals surface area contributed by atoms with E-state index in [2.05, 4.69) is 5.32 Å². The summed E-state index contributed by atoms with van der Waals surface area (Å²) in [6.45, 7) is 0. The number of halogens is 2. The molecule has 0 aliphatic heterocycles. The first kappa shape index (κ1) is 15.4. The summed E-state index contributed by atoms with van der Waals surface area (Å²) >= 11 is 11.7. The van der Waals surface area contributed by atoms with Crippen molar-refractivity contribution in [1.82, 2.24) is 5.32 Å². The van der Waals surface area contributed by atoms with Crippen LogP contribution in [0.4, 0.5) is 4.79 Å². The molecule has 4 nitrogen and oxygen atoms in total. The van der Waals surface area contributed by atoms with E-state index in [-0.39, 0.29) is 5.78 Å². The van der Waals surface area contributed by atoms with E-state index < -0.39 is 12.1 Å². The zero-order valence-electron chi connectivity index (χ0n) is 10.7. The van der Waals surface area contributed by atoms with Crippen LogP contribution in [0.2, 0.25) is 10.0 Å². The first-order chi connectivity index (χ1) is 9.97. The highest BCUT2D eigenvalue weighted by Crippen LogP contribution is 2.22. The smallest absolute Gasteiger partial charge is 0.405 e. The van der Waals surface area contributed by atoms with Crippen LogP contribution in [0.25, 0.3) is 0 Å². The second-order valence-electron chi connectivity index (χ2n) is 4.31. The fraction of sp³-hybridized carbons (Fsp3) is 0.0667. The molecule has 0 aliphatic rings. The number of rotatable bonds is 4. The van der Waals surface area contributed by atoms with Crippen molar-refractivity contribution in [3.8, 4) is 0 Å². The summed E-state index contributed by atoms with van der Waals surface area (Å²) in [7, 11) is 0. The van der Waals surface area contributed by atoms with Crippen molar-refractivity contribution in [3.63, 3.8) is 0 Å². The monoisotopic (exact) mass is 323 g/mol. The van der Waals surface area contributed by atoms with Gasteiger partial charge in [-0.05, 0) is 29.8 Å². The van der Waals surface area contributed by atoms with Crippen LogP contribution in [-0.2, 0) is 0 Å². The second-order valence-corrected chi connectivity index (χ2v) is 5.18. The Balaban J connectivity index is 2.38. The molecule has 0 radical (unpaired) electrons. The lowest BCUT2D eigenvalue weighted by Gasteiger charge is -2.16. The number of benzene rings is 2. The van der Waals surface area contributed by atoms with Gasteiger partial charge in [0.25, 0.3) is 0 Å². The van der Waals surface area contributed by atoms with Gasteiger partial charge in [-0.3, -0.25) is 4.79 Å². The van der Waals surface area contributed by atoms with Gasteiger partial charge in [-0.1, -0.05) is 47.5 Å². The van der Waals surface area contributed by atoms with Crippen molar-refractivity contribution in [1.29, 1.82) is 0 Å². The van der Waals surface area contributed by atoms with Gasteiger partial charge in [0, 0.05) is 15.6 Å². The Morgan fingerprint density at radius 1 is 1.00 bits per heavy atom. The molecule has 0 spiro atoms. The number of ketones is 1. The van der Waals surface area contributed by atoms with E-state index in [1.165, 1.54) is 6.07 Å². The Morgan fingerprint density at radius 3 is 2.24 bits per heavy atom. The summed E-state index contributed by atoms with van der Waals surface area (Å²) in [6, 6.07) is 11.7. The quantitative estimate of drug-likeness (QED) is 0.829. The van der Waals surface area contributed by atoms with Gasteiger partial charge >= 0.3 is 6.09 Å². The predicted octanol–water partition coefficient (Wildman–Crippen LogP) is 4.19. The molecule has 0 aliphatic carbocycles. The van der Waals surface area contributed by atoms with Crippen LogP contribution < -0.4 is 5.32 Å². The Labute approximate surface area is 131 Å². The van der Waals surface area contributed by atoms with Gasteiger partial charge in [0.05, 0.1) is 0 Å². The molecule has 6 heteroatoms. The summed E-state index contributed by atoms with van der Waals surface area (Å²) in [5.74, 6) is -0.387. The molecular weight excluding hydrogens is 313 g/mol. The Morgan fingerprint density at radius 2 is 1.67 bits per heavy atom. The molecule has 108 valence electrons.